The van der Waals surface area contributed by atoms with Crippen molar-refractivity contribution >= 4 is 10.9 Å². The lowest BCUT2D eigenvalue weighted by Crippen LogP contribution is -2.51. The van der Waals surface area contributed by atoms with Crippen LogP contribution in [0.5, 0.6) is 0 Å². The van der Waals surface area contributed by atoms with Gasteiger partial charge in [-0.15, -0.1) is 0 Å². The fourth-order valence-electron chi connectivity index (χ4n) is 5.17. The van der Waals surface area contributed by atoms with Crippen molar-refractivity contribution in [2.45, 2.75) is 63.0 Å². The van der Waals surface area contributed by atoms with Crippen LogP contribution in [-0.4, -0.2) is 36.1 Å². The molecule has 4 rings (SSSR count). The van der Waals surface area contributed by atoms with E-state index in [0.29, 0.717) is 5.54 Å². The Morgan fingerprint density at radius 2 is 1.88 bits per heavy atom. The third kappa shape index (κ3) is 2.33. The molecular weight excluding hydrogens is 296 g/mol. The molecule has 0 bridgehead atoms. The first-order valence-electron chi connectivity index (χ1n) is 9.52. The molecule has 1 aromatic carbocycles. The first-order valence-corrected chi connectivity index (χ1v) is 9.52. The highest BCUT2D eigenvalue weighted by atomic mass is 16.5. The van der Waals surface area contributed by atoms with Crippen molar-refractivity contribution in [3.63, 3.8) is 0 Å². The quantitative estimate of drug-likeness (QED) is 0.892. The summed E-state index contributed by atoms with van der Waals surface area (Å²) in [7, 11) is 4.51. The first kappa shape index (κ1) is 16.2. The largest absolute Gasteiger partial charge is 0.368 e. The van der Waals surface area contributed by atoms with Crippen molar-refractivity contribution in [1.82, 2.24) is 9.88 Å². The maximum Gasteiger partial charge on any atom is 0.108 e. The van der Waals surface area contributed by atoms with E-state index in [9.17, 15) is 0 Å². The van der Waals surface area contributed by atoms with Crippen LogP contribution in [0.25, 0.3) is 10.9 Å². The van der Waals surface area contributed by atoms with E-state index in [2.05, 4.69) is 55.2 Å². The molecule has 2 aliphatic rings. The molecule has 1 spiro atoms. The molecule has 1 aromatic heterocycles. The summed E-state index contributed by atoms with van der Waals surface area (Å²) in [5, 5.41) is 1.40. The maximum absolute atomic E-state index is 6.46. The molecule has 1 aliphatic heterocycles. The van der Waals surface area contributed by atoms with E-state index < -0.39 is 0 Å². The van der Waals surface area contributed by atoms with Crippen molar-refractivity contribution in [1.29, 1.82) is 0 Å². The Labute approximate surface area is 145 Å². The van der Waals surface area contributed by atoms with E-state index >= 15 is 0 Å². The van der Waals surface area contributed by atoms with Gasteiger partial charge < -0.3 is 14.6 Å². The van der Waals surface area contributed by atoms with Gasteiger partial charge in [0.05, 0.1) is 12.3 Å². The number of hydrogen-bond donors (Lipinski definition) is 1. The minimum absolute atomic E-state index is 0.0835. The van der Waals surface area contributed by atoms with Crippen molar-refractivity contribution in [3.8, 4) is 0 Å². The van der Waals surface area contributed by atoms with Crippen LogP contribution in [0.2, 0.25) is 0 Å². The van der Waals surface area contributed by atoms with E-state index in [4.69, 9.17) is 4.74 Å². The Hall–Kier alpha value is -1.32. The van der Waals surface area contributed by atoms with Gasteiger partial charge in [-0.3, -0.25) is 0 Å². The van der Waals surface area contributed by atoms with E-state index in [0.717, 1.165) is 25.9 Å². The summed E-state index contributed by atoms with van der Waals surface area (Å²) < 4.78 is 6.46. The number of H-pyrrole nitrogens is 1. The molecule has 1 N–H and O–H groups in total. The number of nitrogens with zero attached hydrogens (tertiary/aromatic N) is 1. The van der Waals surface area contributed by atoms with Gasteiger partial charge in [0.1, 0.15) is 5.60 Å². The van der Waals surface area contributed by atoms with Crippen LogP contribution in [-0.2, 0) is 16.8 Å². The van der Waals surface area contributed by atoms with Crippen LogP contribution < -0.4 is 0 Å². The number of fused-ring (bicyclic) bond motifs is 4. The second-order valence-electron chi connectivity index (χ2n) is 7.99. The number of rotatable bonds is 3. The molecule has 0 radical (unpaired) electrons. The molecule has 24 heavy (non-hydrogen) atoms. The van der Waals surface area contributed by atoms with Crippen LogP contribution >= 0.6 is 0 Å². The number of ether oxygens (including phenoxy) is 1. The highest BCUT2D eigenvalue weighted by Crippen LogP contribution is 2.50. The lowest BCUT2D eigenvalue weighted by molar-refractivity contribution is -0.113. The Morgan fingerprint density at radius 3 is 2.58 bits per heavy atom. The first-order chi connectivity index (χ1) is 11.6. The molecule has 0 amide bonds. The second kappa shape index (κ2) is 5.89. The summed E-state index contributed by atoms with van der Waals surface area (Å²) >= 11 is 0. The average Bonchev–Trinajstić information content (AvgIpc) is 2.98. The molecule has 3 nitrogen and oxygen atoms in total. The minimum atomic E-state index is -0.0835. The van der Waals surface area contributed by atoms with Gasteiger partial charge >= 0.3 is 0 Å². The van der Waals surface area contributed by atoms with E-state index in [1.54, 1.807) is 0 Å². The molecule has 2 heterocycles. The molecule has 0 unspecified atom stereocenters. The van der Waals surface area contributed by atoms with Gasteiger partial charge in [0.15, 0.2) is 0 Å². The molecule has 1 aliphatic carbocycles. The zero-order valence-corrected chi connectivity index (χ0v) is 15.3. The average molecular weight is 326 g/mol. The maximum atomic E-state index is 6.46. The van der Waals surface area contributed by atoms with Crippen LogP contribution in [0, 0.1) is 0 Å². The molecule has 0 saturated heterocycles. The van der Waals surface area contributed by atoms with Crippen molar-refractivity contribution in [2.24, 2.45) is 0 Å². The van der Waals surface area contributed by atoms with Crippen molar-refractivity contribution in [3.05, 3.63) is 35.5 Å². The summed E-state index contributed by atoms with van der Waals surface area (Å²) in [6.45, 7) is 3.17. The van der Waals surface area contributed by atoms with Crippen LogP contribution in [0.3, 0.4) is 0 Å². The molecule has 1 saturated carbocycles. The Bertz CT molecular complexity index is 723. The number of hydrogen-bond acceptors (Lipinski definition) is 2. The van der Waals surface area contributed by atoms with Gasteiger partial charge in [-0.2, -0.15) is 0 Å². The van der Waals surface area contributed by atoms with Gasteiger partial charge in [0.2, 0.25) is 0 Å². The molecule has 3 heteroatoms. The zero-order chi connectivity index (χ0) is 16.8. The highest BCUT2D eigenvalue weighted by Gasteiger charge is 2.48. The van der Waals surface area contributed by atoms with Crippen LogP contribution in [0.15, 0.2) is 24.3 Å². The van der Waals surface area contributed by atoms with Gasteiger partial charge in [-0.1, -0.05) is 31.5 Å². The summed E-state index contributed by atoms with van der Waals surface area (Å²) in [5.74, 6) is 0. The number of para-hydroxylation sites is 1. The third-order valence-corrected chi connectivity index (χ3v) is 6.65. The molecule has 130 valence electrons. The summed E-state index contributed by atoms with van der Waals surface area (Å²) in [6, 6.07) is 8.73. The predicted molar refractivity (Wildman–Crippen MR) is 99.4 cm³/mol. The van der Waals surface area contributed by atoms with E-state index in [1.165, 1.54) is 47.8 Å². The monoisotopic (exact) mass is 326 g/mol. The SMILES string of the molecule is CCCC1(N(C)C)CCC2(CC1)OCCc1c2[nH]c2ccccc12. The van der Waals surface area contributed by atoms with Crippen LogP contribution in [0.4, 0.5) is 0 Å². The fourth-order valence-corrected chi connectivity index (χ4v) is 5.17. The molecule has 1 fully saturated rings. The lowest BCUT2D eigenvalue weighted by Gasteiger charge is -2.50. The minimum Gasteiger partial charge on any atom is -0.368 e. The summed E-state index contributed by atoms with van der Waals surface area (Å²) in [4.78, 5) is 6.20. The summed E-state index contributed by atoms with van der Waals surface area (Å²) in [6.07, 6.45) is 8.29. The number of aromatic amines is 1. The zero-order valence-electron chi connectivity index (χ0n) is 15.3. The lowest BCUT2D eigenvalue weighted by atomic mass is 9.69. The van der Waals surface area contributed by atoms with Crippen molar-refractivity contribution < 1.29 is 4.74 Å². The van der Waals surface area contributed by atoms with Crippen LogP contribution in [0.1, 0.15) is 56.7 Å². The highest BCUT2D eigenvalue weighted by molar-refractivity contribution is 5.85. The Kier molecular flexibility index (Phi) is 3.97. The van der Waals surface area contributed by atoms with Gasteiger partial charge in [0.25, 0.3) is 0 Å². The van der Waals surface area contributed by atoms with Gasteiger partial charge in [-0.25, -0.2) is 0 Å². The van der Waals surface area contributed by atoms with Crippen molar-refractivity contribution in [2.75, 3.05) is 20.7 Å². The Balaban J connectivity index is 1.69. The third-order valence-electron chi connectivity index (χ3n) is 6.65. The van der Waals surface area contributed by atoms with Gasteiger partial charge in [0, 0.05) is 16.4 Å². The van der Waals surface area contributed by atoms with E-state index in [-0.39, 0.29) is 5.60 Å². The molecule has 2 aromatic rings. The van der Waals surface area contributed by atoms with Gasteiger partial charge in [-0.05, 0) is 64.3 Å². The molecular formula is C21H30N2O. The smallest absolute Gasteiger partial charge is 0.108 e. The number of aromatic nitrogens is 1. The molecule has 0 atom stereocenters. The topological polar surface area (TPSA) is 28.3 Å². The predicted octanol–water partition coefficient (Wildman–Crippen LogP) is 4.61. The summed E-state index contributed by atoms with van der Waals surface area (Å²) in [5.41, 5.74) is 4.42. The second-order valence-corrected chi connectivity index (χ2v) is 7.99. The fraction of sp³-hybridized carbons (Fsp3) is 0.619. The standard InChI is InChI=1S/C21H30N2O/c1-4-10-20(23(2)3)11-13-21(14-12-20)19-17(9-15-24-21)16-7-5-6-8-18(16)22-19/h5-8,22H,4,9-15H2,1-3H3. The number of benzene rings is 1. The number of nitrogens with one attached hydrogen (secondary N) is 1. The normalized spacial score (nSPS) is 30.2. The van der Waals surface area contributed by atoms with E-state index in [1.807, 2.05) is 0 Å². The Morgan fingerprint density at radius 1 is 1.12 bits per heavy atom.